The van der Waals surface area contributed by atoms with Gasteiger partial charge >= 0.3 is 5.69 Å². The van der Waals surface area contributed by atoms with E-state index in [4.69, 9.17) is 10.8 Å². The highest BCUT2D eigenvalue weighted by Crippen LogP contribution is 2.23. The number of hydrogen-bond donors (Lipinski definition) is 3. The van der Waals surface area contributed by atoms with Gasteiger partial charge in [-0.1, -0.05) is 13.8 Å². The number of nitrogens with zero attached hydrogens (tertiary/aromatic N) is 2. The maximum absolute atomic E-state index is 10.6. The highest BCUT2D eigenvalue weighted by Gasteiger charge is 2.18. The van der Waals surface area contributed by atoms with Crippen LogP contribution in [0.5, 0.6) is 0 Å². The third kappa shape index (κ3) is 3.85. The molecule has 100 valence electrons. The Morgan fingerprint density at radius 2 is 2.22 bits per heavy atom. The van der Waals surface area contributed by atoms with E-state index in [1.807, 2.05) is 13.8 Å². The first-order valence-corrected chi connectivity index (χ1v) is 5.61. The number of aromatic nitrogens is 1. The fourth-order valence-electron chi connectivity index (χ4n) is 1.44. The number of hydrogen-bond acceptors (Lipinski definition) is 6. The summed E-state index contributed by atoms with van der Waals surface area (Å²) in [7, 11) is 0. The van der Waals surface area contributed by atoms with Gasteiger partial charge in [0.05, 0.1) is 4.92 Å². The molecule has 0 saturated carbocycles. The molecule has 7 nitrogen and oxygen atoms in total. The number of pyridine rings is 1. The van der Waals surface area contributed by atoms with Gasteiger partial charge in [0.1, 0.15) is 5.82 Å². The van der Waals surface area contributed by atoms with Crippen LogP contribution >= 0.6 is 0 Å². The van der Waals surface area contributed by atoms with Gasteiger partial charge in [0.2, 0.25) is 5.82 Å². The van der Waals surface area contributed by atoms with Gasteiger partial charge in [0.15, 0.2) is 0 Å². The number of nitro groups is 1. The van der Waals surface area contributed by atoms with Crippen LogP contribution in [-0.2, 0) is 0 Å². The Labute approximate surface area is 105 Å². The molecule has 0 bridgehead atoms. The second-order valence-corrected chi connectivity index (χ2v) is 4.85. The van der Waals surface area contributed by atoms with E-state index in [1.54, 1.807) is 0 Å². The molecule has 0 atom stereocenters. The molecule has 1 aromatic heterocycles. The Morgan fingerprint density at radius 1 is 1.56 bits per heavy atom. The highest BCUT2D eigenvalue weighted by molar-refractivity contribution is 5.57. The second kappa shape index (κ2) is 5.63. The summed E-state index contributed by atoms with van der Waals surface area (Å²) in [6, 6.07) is 2.84. The lowest BCUT2D eigenvalue weighted by Gasteiger charge is -2.24. The fourth-order valence-corrected chi connectivity index (χ4v) is 1.44. The zero-order valence-electron chi connectivity index (χ0n) is 10.5. The second-order valence-electron chi connectivity index (χ2n) is 4.85. The number of aliphatic hydroxyl groups excluding tert-OH is 1. The summed E-state index contributed by atoms with van der Waals surface area (Å²) in [5, 5.41) is 22.5. The lowest BCUT2D eigenvalue weighted by atomic mass is 9.90. The monoisotopic (exact) mass is 254 g/mol. The molecule has 1 heterocycles. The van der Waals surface area contributed by atoms with Crippen LogP contribution in [0.15, 0.2) is 12.1 Å². The number of nitrogens with one attached hydrogen (secondary N) is 1. The molecule has 0 spiro atoms. The zero-order valence-corrected chi connectivity index (χ0v) is 10.5. The van der Waals surface area contributed by atoms with Crippen molar-refractivity contribution in [3.8, 4) is 0 Å². The van der Waals surface area contributed by atoms with Gasteiger partial charge in [-0.25, -0.2) is 4.98 Å². The number of nitrogens with two attached hydrogens (primary N) is 1. The molecule has 0 amide bonds. The van der Waals surface area contributed by atoms with Crippen molar-refractivity contribution in [2.45, 2.75) is 20.3 Å². The minimum absolute atomic E-state index is 0.0903. The first kappa shape index (κ1) is 14.2. The maximum Gasteiger partial charge on any atom is 0.311 e. The van der Waals surface area contributed by atoms with Crippen molar-refractivity contribution in [3.63, 3.8) is 0 Å². The van der Waals surface area contributed by atoms with Crippen LogP contribution in [0.3, 0.4) is 0 Å². The van der Waals surface area contributed by atoms with Crippen LogP contribution in [0, 0.1) is 15.5 Å². The summed E-state index contributed by atoms with van der Waals surface area (Å²) in [6.45, 7) is 4.72. The van der Waals surface area contributed by atoms with Crippen molar-refractivity contribution in [2.24, 2.45) is 5.41 Å². The molecule has 1 rings (SSSR count). The lowest BCUT2D eigenvalue weighted by Crippen LogP contribution is -2.24. The van der Waals surface area contributed by atoms with Crippen LogP contribution in [0.1, 0.15) is 20.3 Å². The number of nitrogen functional groups attached to an aromatic ring is 1. The van der Waals surface area contributed by atoms with Crippen LogP contribution < -0.4 is 11.1 Å². The molecule has 1 aromatic rings. The summed E-state index contributed by atoms with van der Waals surface area (Å²) in [4.78, 5) is 13.9. The number of anilines is 2. The first-order valence-electron chi connectivity index (χ1n) is 5.61. The first-order chi connectivity index (χ1) is 8.35. The van der Waals surface area contributed by atoms with E-state index < -0.39 is 4.92 Å². The van der Waals surface area contributed by atoms with Crippen molar-refractivity contribution in [3.05, 3.63) is 22.2 Å². The van der Waals surface area contributed by atoms with Crippen LogP contribution in [-0.4, -0.2) is 28.2 Å². The SMILES string of the molecule is CC(C)(CCO)CNc1ccc([N+](=O)[O-])c(N)n1. The summed E-state index contributed by atoms with van der Waals surface area (Å²) < 4.78 is 0. The smallest absolute Gasteiger partial charge is 0.311 e. The van der Waals surface area contributed by atoms with E-state index in [0.29, 0.717) is 18.8 Å². The molecule has 0 aliphatic heterocycles. The lowest BCUT2D eigenvalue weighted by molar-refractivity contribution is -0.384. The molecular weight excluding hydrogens is 236 g/mol. The summed E-state index contributed by atoms with van der Waals surface area (Å²) in [6.07, 6.45) is 0.655. The predicted molar refractivity (Wildman–Crippen MR) is 69.3 cm³/mol. The minimum atomic E-state index is -0.568. The molecule has 7 heteroatoms. The molecule has 0 aromatic carbocycles. The molecule has 0 fully saturated rings. The van der Waals surface area contributed by atoms with Gasteiger partial charge in [-0.2, -0.15) is 0 Å². The van der Waals surface area contributed by atoms with E-state index in [2.05, 4.69) is 10.3 Å². The van der Waals surface area contributed by atoms with Gasteiger partial charge in [-0.3, -0.25) is 10.1 Å². The Bertz CT molecular complexity index is 434. The predicted octanol–water partition coefficient (Wildman–Crippen LogP) is 1.39. The van der Waals surface area contributed by atoms with Crippen LogP contribution in [0.4, 0.5) is 17.3 Å². The molecule has 0 saturated heterocycles. The third-order valence-corrected chi connectivity index (χ3v) is 2.64. The van der Waals surface area contributed by atoms with Crippen LogP contribution in [0.2, 0.25) is 0 Å². The fraction of sp³-hybridized carbons (Fsp3) is 0.545. The molecule has 0 aliphatic carbocycles. The molecule has 0 unspecified atom stereocenters. The van der Waals surface area contributed by atoms with E-state index >= 15 is 0 Å². The van der Waals surface area contributed by atoms with E-state index in [-0.39, 0.29) is 23.5 Å². The summed E-state index contributed by atoms with van der Waals surface area (Å²) >= 11 is 0. The average Bonchev–Trinajstić information content (AvgIpc) is 2.26. The standard InChI is InChI=1S/C11H18N4O3/c1-11(2,5-6-16)7-13-9-4-3-8(15(17)18)10(12)14-9/h3-4,16H,5-7H2,1-2H3,(H3,12,13,14). The van der Waals surface area contributed by atoms with Gasteiger partial charge in [-0.15, -0.1) is 0 Å². The zero-order chi connectivity index (χ0) is 13.8. The quantitative estimate of drug-likeness (QED) is 0.522. The van der Waals surface area contributed by atoms with Gasteiger partial charge in [0.25, 0.3) is 0 Å². The topological polar surface area (TPSA) is 114 Å². The Kier molecular flexibility index (Phi) is 4.43. The normalized spacial score (nSPS) is 11.3. The molecule has 0 radical (unpaired) electrons. The maximum atomic E-state index is 10.6. The van der Waals surface area contributed by atoms with Gasteiger partial charge in [-0.05, 0) is 17.9 Å². The minimum Gasteiger partial charge on any atom is -0.396 e. The van der Waals surface area contributed by atoms with E-state index in [9.17, 15) is 10.1 Å². The Balaban J connectivity index is 2.70. The van der Waals surface area contributed by atoms with Gasteiger partial charge in [0, 0.05) is 19.2 Å². The van der Waals surface area contributed by atoms with Crippen molar-refractivity contribution in [1.82, 2.24) is 4.98 Å². The van der Waals surface area contributed by atoms with Gasteiger partial charge < -0.3 is 16.2 Å². The molecule has 18 heavy (non-hydrogen) atoms. The van der Waals surface area contributed by atoms with Crippen molar-refractivity contribution < 1.29 is 10.0 Å². The Morgan fingerprint density at radius 3 is 2.72 bits per heavy atom. The average molecular weight is 254 g/mol. The highest BCUT2D eigenvalue weighted by atomic mass is 16.6. The summed E-state index contributed by atoms with van der Waals surface area (Å²) in [5.41, 5.74) is 5.20. The van der Waals surface area contributed by atoms with E-state index in [1.165, 1.54) is 12.1 Å². The third-order valence-electron chi connectivity index (χ3n) is 2.64. The van der Waals surface area contributed by atoms with E-state index in [0.717, 1.165) is 0 Å². The summed E-state index contributed by atoms with van der Waals surface area (Å²) in [5.74, 6) is 0.383. The Hall–Kier alpha value is -1.89. The molecular formula is C11H18N4O3. The largest absolute Gasteiger partial charge is 0.396 e. The van der Waals surface area contributed by atoms with Crippen molar-refractivity contribution in [2.75, 3.05) is 24.2 Å². The van der Waals surface area contributed by atoms with Crippen molar-refractivity contribution >= 4 is 17.3 Å². The molecule has 0 aliphatic rings. The van der Waals surface area contributed by atoms with Crippen molar-refractivity contribution in [1.29, 1.82) is 0 Å². The molecule has 4 N–H and O–H groups in total. The number of aliphatic hydroxyl groups is 1. The van der Waals surface area contributed by atoms with Crippen LogP contribution in [0.25, 0.3) is 0 Å². The number of rotatable bonds is 6.